The standard InChI is InChI=1S/C19H18F2N10O8P2S/c20-7-6-1-34-40(32)37-11-8(21)19(36-17(11)30-4-28-9-13(22)24-2-26-15(9)30)39-41(33,42)38-12(7)18(35-6)31-5-29-10-14(23)25-3-27-16(10)31/h2-8,11-12,17-19H,1H2,(H4-,22,23,24,25,26,27,33,42)/p+1/t6-,7-,8+,11-,12-,17-,18-,19-,41?/m1/s1. The quantitative estimate of drug-likeness (QED) is 0.257. The van der Waals surface area contributed by atoms with Gasteiger partial charge >= 0.3 is 15.0 Å². The molecule has 4 aromatic rings. The summed E-state index contributed by atoms with van der Waals surface area (Å²) >= 11 is 5.14. The Bertz CT molecular complexity index is 1750. The molecule has 3 saturated heterocycles. The van der Waals surface area contributed by atoms with E-state index in [2.05, 4.69) is 29.9 Å². The Morgan fingerprint density at radius 3 is 2.12 bits per heavy atom. The summed E-state index contributed by atoms with van der Waals surface area (Å²) in [5, 5.41) is 0. The van der Waals surface area contributed by atoms with Crippen molar-refractivity contribution in [3.8, 4) is 0 Å². The van der Waals surface area contributed by atoms with E-state index in [1.165, 1.54) is 21.8 Å². The number of rotatable bonds is 2. The lowest BCUT2D eigenvalue weighted by atomic mass is 10.1. The second-order valence-corrected chi connectivity index (χ2v) is 12.9. The molecule has 3 aliphatic heterocycles. The molecule has 0 saturated carbocycles. The summed E-state index contributed by atoms with van der Waals surface area (Å²) in [7, 11) is -3.08. The number of hydrogen-bond donors (Lipinski definition) is 3. The Morgan fingerprint density at radius 1 is 0.905 bits per heavy atom. The molecule has 7 rings (SSSR count). The monoisotopic (exact) mass is 647 g/mol. The number of anilines is 2. The lowest BCUT2D eigenvalue weighted by Gasteiger charge is -2.27. The van der Waals surface area contributed by atoms with Crippen LogP contribution >= 0.6 is 15.0 Å². The second kappa shape index (κ2) is 10.3. The Balaban J connectivity index is 1.23. The van der Waals surface area contributed by atoms with Crippen molar-refractivity contribution >= 4 is 60.7 Å². The van der Waals surface area contributed by atoms with Crippen molar-refractivity contribution in [3.63, 3.8) is 0 Å². The molecule has 4 bridgehead atoms. The van der Waals surface area contributed by atoms with Crippen LogP contribution in [0.5, 0.6) is 0 Å². The third-order valence-electron chi connectivity index (χ3n) is 6.76. The molecule has 3 fully saturated rings. The van der Waals surface area contributed by atoms with Gasteiger partial charge in [0.1, 0.15) is 42.5 Å². The molecule has 10 atom stereocenters. The zero-order valence-corrected chi connectivity index (χ0v) is 23.3. The number of ether oxygens (including phenoxy) is 2. The number of alkyl halides is 2. The normalized spacial score (nSPS) is 36.6. The molecular formula is C19H19F2N10O8P2S+. The van der Waals surface area contributed by atoms with Crippen LogP contribution in [0.3, 0.4) is 0 Å². The minimum Gasteiger partial charge on any atom is -0.382 e. The van der Waals surface area contributed by atoms with Gasteiger partial charge in [-0.2, -0.15) is 0 Å². The maximum absolute atomic E-state index is 15.8. The van der Waals surface area contributed by atoms with Crippen LogP contribution in [0.1, 0.15) is 12.5 Å². The van der Waals surface area contributed by atoms with E-state index in [0.717, 1.165) is 12.7 Å². The molecule has 0 spiro atoms. The van der Waals surface area contributed by atoms with Crippen molar-refractivity contribution in [1.29, 1.82) is 0 Å². The highest BCUT2D eigenvalue weighted by molar-refractivity contribution is 8.07. The second-order valence-electron chi connectivity index (χ2n) is 9.25. The third-order valence-corrected chi connectivity index (χ3v) is 9.04. The summed E-state index contributed by atoms with van der Waals surface area (Å²) in [5.41, 5.74) is 12.4. The predicted octanol–water partition coefficient (Wildman–Crippen LogP) is 0.950. The zero-order chi connectivity index (χ0) is 29.3. The molecule has 5 N–H and O–H groups in total. The molecule has 0 radical (unpaired) electrons. The largest absolute Gasteiger partial charge is 0.698 e. The lowest BCUT2D eigenvalue weighted by molar-refractivity contribution is -0.125. The molecule has 7 heterocycles. The summed E-state index contributed by atoms with van der Waals surface area (Å²) in [5.74, 6) is 0.0920. The first kappa shape index (κ1) is 27.8. The average molecular weight is 647 g/mol. The molecule has 3 aliphatic rings. The van der Waals surface area contributed by atoms with Crippen molar-refractivity contribution in [2.24, 2.45) is 0 Å². The number of imidazole rings is 2. The van der Waals surface area contributed by atoms with Gasteiger partial charge in [0.15, 0.2) is 53.8 Å². The number of nitrogen functional groups attached to an aromatic ring is 2. The number of halogens is 2. The van der Waals surface area contributed by atoms with Gasteiger partial charge in [0.2, 0.25) is 6.29 Å². The van der Waals surface area contributed by atoms with Crippen molar-refractivity contribution in [1.82, 2.24) is 39.0 Å². The van der Waals surface area contributed by atoms with Gasteiger partial charge in [0, 0.05) is 4.57 Å². The van der Waals surface area contributed by atoms with E-state index in [9.17, 15) is 9.46 Å². The highest BCUT2D eigenvalue weighted by Gasteiger charge is 2.57. The summed E-state index contributed by atoms with van der Waals surface area (Å²) in [6, 6.07) is 0. The molecule has 0 aliphatic carbocycles. The maximum atomic E-state index is 15.8. The molecule has 0 aromatic carbocycles. The highest BCUT2D eigenvalue weighted by atomic mass is 32.5. The van der Waals surface area contributed by atoms with E-state index in [1.54, 1.807) is 0 Å². The first-order valence-corrected chi connectivity index (χ1v) is 15.7. The fourth-order valence-electron chi connectivity index (χ4n) is 4.87. The molecule has 222 valence electrons. The number of hydrogen-bond acceptors (Lipinski definition) is 16. The van der Waals surface area contributed by atoms with Gasteiger partial charge < -0.3 is 25.8 Å². The maximum Gasteiger partial charge on any atom is 0.698 e. The van der Waals surface area contributed by atoms with E-state index < -0.39 is 71.0 Å². The van der Waals surface area contributed by atoms with Crippen LogP contribution in [0, 0.1) is 0 Å². The minimum absolute atomic E-state index is 0.0419. The minimum atomic E-state index is -4.49. The Labute approximate surface area is 238 Å². The number of nitrogens with zero attached hydrogens (tertiary/aromatic N) is 8. The smallest absolute Gasteiger partial charge is 0.382 e. The van der Waals surface area contributed by atoms with Crippen LogP contribution in [-0.2, 0) is 43.9 Å². The Morgan fingerprint density at radius 2 is 1.50 bits per heavy atom. The van der Waals surface area contributed by atoms with Gasteiger partial charge in [0.25, 0.3) is 0 Å². The van der Waals surface area contributed by atoms with E-state index in [1.807, 2.05) is 0 Å². The van der Waals surface area contributed by atoms with Gasteiger partial charge in [0.05, 0.1) is 12.7 Å². The molecule has 18 nitrogen and oxygen atoms in total. The van der Waals surface area contributed by atoms with Gasteiger partial charge in [-0.25, -0.2) is 38.7 Å². The van der Waals surface area contributed by atoms with Crippen molar-refractivity contribution in [3.05, 3.63) is 25.3 Å². The molecule has 2 unspecified atom stereocenters. The highest BCUT2D eigenvalue weighted by Crippen LogP contribution is 2.54. The van der Waals surface area contributed by atoms with Gasteiger partial charge in [-0.05, 0) is 11.8 Å². The zero-order valence-electron chi connectivity index (χ0n) is 20.7. The summed E-state index contributed by atoms with van der Waals surface area (Å²) in [6.45, 7) is -5.11. The Kier molecular flexibility index (Phi) is 6.85. The number of aromatic nitrogens is 8. The van der Waals surface area contributed by atoms with E-state index in [4.69, 9.17) is 50.8 Å². The van der Waals surface area contributed by atoms with Gasteiger partial charge in [-0.1, -0.05) is 0 Å². The van der Waals surface area contributed by atoms with Crippen LogP contribution in [0.15, 0.2) is 25.3 Å². The van der Waals surface area contributed by atoms with Crippen LogP contribution in [0.25, 0.3) is 22.3 Å². The van der Waals surface area contributed by atoms with Gasteiger partial charge in [-0.3, -0.25) is 18.2 Å². The molecule has 42 heavy (non-hydrogen) atoms. The fourth-order valence-corrected chi connectivity index (χ4v) is 7.18. The first-order chi connectivity index (χ1) is 20.1. The number of fused-ring (bicyclic) bond motifs is 6. The van der Waals surface area contributed by atoms with Gasteiger partial charge in [-0.15, -0.1) is 9.05 Å². The van der Waals surface area contributed by atoms with E-state index in [-0.39, 0.29) is 34.0 Å². The average Bonchev–Trinajstić information content (AvgIpc) is 3.70. The van der Waals surface area contributed by atoms with Crippen molar-refractivity contribution < 1.29 is 45.8 Å². The summed E-state index contributed by atoms with van der Waals surface area (Å²) in [4.78, 5) is 35.2. The fraction of sp³-hybridized carbons (Fsp3) is 0.474. The predicted molar refractivity (Wildman–Crippen MR) is 138 cm³/mol. The molecular weight excluding hydrogens is 628 g/mol. The van der Waals surface area contributed by atoms with E-state index >= 15 is 8.78 Å². The molecule has 0 amide bonds. The van der Waals surface area contributed by atoms with Crippen molar-refractivity contribution in [2.45, 2.75) is 49.4 Å². The van der Waals surface area contributed by atoms with Crippen LogP contribution < -0.4 is 11.5 Å². The number of nitrogens with two attached hydrogens (primary N) is 2. The van der Waals surface area contributed by atoms with E-state index in [0.29, 0.717) is 0 Å². The lowest BCUT2D eigenvalue weighted by Crippen LogP contribution is -2.32. The SMILES string of the molecule is Nc1ncnc2c1ncn2[C@@H]1O[C@@H]2OP(O)(=S)O[C@@H]3[C@H](F)[C@@H](CO[P+](=O)O[C@@H]1[C@@H]2F)O[C@H]3n1cnc2c(N)ncnc21. The molecule has 4 aromatic heterocycles. The Hall–Kier alpha value is -2.97. The topological polar surface area (TPSA) is 232 Å². The third kappa shape index (κ3) is 4.62. The van der Waals surface area contributed by atoms with Crippen LogP contribution in [0.2, 0.25) is 0 Å². The summed E-state index contributed by atoms with van der Waals surface area (Å²) < 4.78 is 79.9. The van der Waals surface area contributed by atoms with Crippen molar-refractivity contribution in [2.75, 3.05) is 18.1 Å². The van der Waals surface area contributed by atoms with Crippen LogP contribution in [0.4, 0.5) is 20.4 Å². The molecule has 23 heteroatoms. The first-order valence-electron chi connectivity index (χ1n) is 12.0. The summed E-state index contributed by atoms with van der Waals surface area (Å²) in [6.07, 6.45) is -8.79. The van der Waals surface area contributed by atoms with Crippen LogP contribution in [-0.4, -0.2) is 87.5 Å².